The maximum Gasteiger partial charge on any atom is 0.192 e. The minimum atomic E-state index is 0.0298. The zero-order chi connectivity index (χ0) is 18.5. The van der Waals surface area contributed by atoms with E-state index in [9.17, 15) is 4.79 Å². The number of pyridine rings is 1. The van der Waals surface area contributed by atoms with Gasteiger partial charge in [-0.05, 0) is 29.8 Å². The molecule has 1 N–H and O–H groups in total. The number of ketones is 1. The maximum absolute atomic E-state index is 12.3. The number of nitrogens with one attached hydrogen (secondary N) is 1. The van der Waals surface area contributed by atoms with Gasteiger partial charge in [-0.15, -0.1) is 10.2 Å². The Bertz CT molecular complexity index is 1010. The third kappa shape index (κ3) is 3.98. The number of H-pyrrole nitrogens is 1. The molecule has 0 aliphatic heterocycles. The zero-order valence-electron chi connectivity index (χ0n) is 14.4. The van der Waals surface area contributed by atoms with Gasteiger partial charge in [0.15, 0.2) is 16.8 Å². The van der Waals surface area contributed by atoms with Crippen LogP contribution in [0, 0.1) is 0 Å². The molecule has 0 saturated heterocycles. The molecule has 0 bridgehead atoms. The van der Waals surface area contributed by atoms with Crippen LogP contribution in [-0.4, -0.2) is 36.3 Å². The third-order valence-electron chi connectivity index (χ3n) is 4.05. The Morgan fingerprint density at radius 3 is 2.67 bits per heavy atom. The Morgan fingerprint density at radius 1 is 1.04 bits per heavy atom. The molecule has 1 aromatic carbocycles. The topological polar surface area (TPSA) is 76.5 Å². The molecule has 0 spiro atoms. The summed E-state index contributed by atoms with van der Waals surface area (Å²) < 4.78 is 2.03. The number of hydrogen-bond acceptors (Lipinski definition) is 5. The first-order valence-electron chi connectivity index (χ1n) is 8.48. The SMILES string of the molecule is O=C(CSc1nnc(-c2cccnc2)n1Cc1ccccc1)c1ccc[nH]1. The highest BCUT2D eigenvalue weighted by Crippen LogP contribution is 2.25. The van der Waals surface area contributed by atoms with E-state index in [1.165, 1.54) is 11.8 Å². The van der Waals surface area contributed by atoms with Gasteiger partial charge < -0.3 is 4.98 Å². The summed E-state index contributed by atoms with van der Waals surface area (Å²) in [5.41, 5.74) is 2.63. The second kappa shape index (κ2) is 8.01. The lowest BCUT2D eigenvalue weighted by atomic mass is 10.2. The molecule has 0 saturated carbocycles. The Morgan fingerprint density at radius 2 is 1.93 bits per heavy atom. The molecular weight excluding hydrogens is 358 g/mol. The second-order valence-electron chi connectivity index (χ2n) is 5.92. The van der Waals surface area contributed by atoms with E-state index in [2.05, 4.69) is 32.3 Å². The Hall–Kier alpha value is -3.19. The van der Waals surface area contributed by atoms with Gasteiger partial charge in [0.1, 0.15) is 0 Å². The Balaban J connectivity index is 1.62. The number of aromatic amines is 1. The van der Waals surface area contributed by atoms with Crippen molar-refractivity contribution in [3.05, 3.63) is 84.4 Å². The molecule has 4 rings (SSSR count). The Kier molecular flexibility index (Phi) is 5.11. The van der Waals surface area contributed by atoms with Gasteiger partial charge in [0, 0.05) is 24.2 Å². The van der Waals surface area contributed by atoms with Crippen LogP contribution >= 0.6 is 11.8 Å². The zero-order valence-corrected chi connectivity index (χ0v) is 15.3. The molecule has 6 nitrogen and oxygen atoms in total. The molecule has 4 aromatic rings. The van der Waals surface area contributed by atoms with Crippen molar-refractivity contribution < 1.29 is 4.79 Å². The van der Waals surface area contributed by atoms with Crippen LogP contribution in [0.3, 0.4) is 0 Å². The summed E-state index contributed by atoms with van der Waals surface area (Å²) in [6.07, 6.45) is 5.24. The fourth-order valence-corrected chi connectivity index (χ4v) is 3.55. The van der Waals surface area contributed by atoms with E-state index in [-0.39, 0.29) is 5.78 Å². The lowest BCUT2D eigenvalue weighted by Crippen LogP contribution is -2.07. The first kappa shape index (κ1) is 17.2. The fourth-order valence-electron chi connectivity index (χ4n) is 2.72. The minimum absolute atomic E-state index is 0.0298. The predicted octanol–water partition coefficient (Wildman–Crippen LogP) is 3.69. The average molecular weight is 375 g/mol. The van der Waals surface area contributed by atoms with Crippen molar-refractivity contribution in [1.82, 2.24) is 24.7 Å². The number of nitrogens with zero attached hydrogens (tertiary/aromatic N) is 4. The van der Waals surface area contributed by atoms with E-state index in [0.717, 1.165) is 17.0 Å². The molecule has 3 aromatic heterocycles. The third-order valence-corrected chi connectivity index (χ3v) is 5.02. The van der Waals surface area contributed by atoms with E-state index in [0.29, 0.717) is 23.1 Å². The lowest BCUT2D eigenvalue weighted by Gasteiger charge is -2.10. The summed E-state index contributed by atoms with van der Waals surface area (Å²) in [5, 5.41) is 9.39. The van der Waals surface area contributed by atoms with E-state index in [1.807, 2.05) is 41.0 Å². The van der Waals surface area contributed by atoms with Crippen LogP contribution in [0.1, 0.15) is 16.1 Å². The van der Waals surface area contributed by atoms with Gasteiger partial charge in [0.05, 0.1) is 18.0 Å². The highest BCUT2D eigenvalue weighted by Gasteiger charge is 2.17. The quantitative estimate of drug-likeness (QED) is 0.394. The molecule has 0 atom stereocenters. The molecule has 0 aliphatic carbocycles. The van der Waals surface area contributed by atoms with Crippen LogP contribution in [0.2, 0.25) is 0 Å². The van der Waals surface area contributed by atoms with E-state index in [1.54, 1.807) is 24.7 Å². The van der Waals surface area contributed by atoms with Gasteiger partial charge in [-0.3, -0.25) is 14.3 Å². The number of Topliss-reactive ketones (excluding diaryl/α,β-unsaturated/α-hetero) is 1. The maximum atomic E-state index is 12.3. The molecule has 0 unspecified atom stereocenters. The van der Waals surface area contributed by atoms with Crippen LogP contribution in [-0.2, 0) is 6.54 Å². The van der Waals surface area contributed by atoms with Gasteiger partial charge in [0.2, 0.25) is 0 Å². The Labute approximate surface area is 160 Å². The van der Waals surface area contributed by atoms with Crippen molar-refractivity contribution in [2.75, 3.05) is 5.75 Å². The van der Waals surface area contributed by atoms with Crippen LogP contribution in [0.4, 0.5) is 0 Å². The molecule has 134 valence electrons. The predicted molar refractivity (Wildman–Crippen MR) is 105 cm³/mol. The summed E-state index contributed by atoms with van der Waals surface area (Å²) in [6.45, 7) is 0.622. The standard InChI is InChI=1S/C20H17N5OS/c26-18(17-9-5-11-22-17)14-27-20-24-23-19(16-8-4-10-21-12-16)25(20)13-15-6-2-1-3-7-15/h1-12,22H,13-14H2. The van der Waals surface area contributed by atoms with Crippen LogP contribution < -0.4 is 0 Å². The molecule has 0 radical (unpaired) electrons. The first-order chi connectivity index (χ1) is 13.3. The van der Waals surface area contributed by atoms with Crippen molar-refractivity contribution in [3.63, 3.8) is 0 Å². The molecular formula is C20H17N5OS. The van der Waals surface area contributed by atoms with Gasteiger partial charge in [0.25, 0.3) is 0 Å². The second-order valence-corrected chi connectivity index (χ2v) is 6.86. The normalized spacial score (nSPS) is 10.8. The van der Waals surface area contributed by atoms with Crippen molar-refractivity contribution in [2.24, 2.45) is 0 Å². The summed E-state index contributed by atoms with van der Waals surface area (Å²) >= 11 is 1.39. The minimum Gasteiger partial charge on any atom is -0.359 e. The molecule has 0 aliphatic rings. The largest absolute Gasteiger partial charge is 0.359 e. The van der Waals surface area contributed by atoms with Crippen LogP contribution in [0.15, 0.2) is 78.3 Å². The summed E-state index contributed by atoms with van der Waals surface area (Å²) in [7, 11) is 0. The van der Waals surface area contributed by atoms with E-state index >= 15 is 0 Å². The van der Waals surface area contributed by atoms with Gasteiger partial charge in [-0.2, -0.15) is 0 Å². The summed E-state index contributed by atoms with van der Waals surface area (Å²) in [5.74, 6) is 1.06. The molecule has 7 heteroatoms. The van der Waals surface area contributed by atoms with Crippen molar-refractivity contribution >= 4 is 17.5 Å². The van der Waals surface area contributed by atoms with Gasteiger partial charge >= 0.3 is 0 Å². The average Bonchev–Trinajstić information content (AvgIpc) is 3.38. The van der Waals surface area contributed by atoms with Crippen molar-refractivity contribution in [2.45, 2.75) is 11.7 Å². The van der Waals surface area contributed by atoms with Crippen LogP contribution in [0.25, 0.3) is 11.4 Å². The molecule has 3 heterocycles. The summed E-state index contributed by atoms with van der Waals surface area (Å²) in [4.78, 5) is 19.4. The highest BCUT2D eigenvalue weighted by molar-refractivity contribution is 7.99. The molecule has 27 heavy (non-hydrogen) atoms. The summed E-state index contributed by atoms with van der Waals surface area (Å²) in [6, 6.07) is 17.5. The van der Waals surface area contributed by atoms with Crippen LogP contribution in [0.5, 0.6) is 0 Å². The lowest BCUT2D eigenvalue weighted by molar-refractivity contribution is 0.101. The smallest absolute Gasteiger partial charge is 0.192 e. The van der Waals surface area contributed by atoms with E-state index in [4.69, 9.17) is 0 Å². The van der Waals surface area contributed by atoms with E-state index < -0.39 is 0 Å². The van der Waals surface area contributed by atoms with Gasteiger partial charge in [-0.25, -0.2) is 0 Å². The monoisotopic (exact) mass is 375 g/mol. The number of rotatable bonds is 7. The van der Waals surface area contributed by atoms with Crippen molar-refractivity contribution in [1.29, 1.82) is 0 Å². The van der Waals surface area contributed by atoms with Crippen molar-refractivity contribution in [3.8, 4) is 11.4 Å². The highest BCUT2D eigenvalue weighted by atomic mass is 32.2. The number of hydrogen-bond donors (Lipinski definition) is 1. The number of carbonyl (C=O) groups excluding carboxylic acids is 1. The fraction of sp³-hybridized carbons (Fsp3) is 0.100. The first-order valence-corrected chi connectivity index (χ1v) is 9.47. The number of carbonyl (C=O) groups is 1. The molecule has 0 amide bonds. The van der Waals surface area contributed by atoms with Gasteiger partial charge in [-0.1, -0.05) is 42.1 Å². The molecule has 0 fully saturated rings. The number of aromatic nitrogens is 5. The number of thioether (sulfide) groups is 1. The number of benzene rings is 1.